The van der Waals surface area contributed by atoms with Crippen molar-refractivity contribution in [3.05, 3.63) is 21.4 Å². The molecule has 0 aliphatic carbocycles. The van der Waals surface area contributed by atoms with Gasteiger partial charge in [-0.05, 0) is 27.1 Å². The molecule has 0 spiro atoms. The van der Waals surface area contributed by atoms with E-state index in [9.17, 15) is 9.59 Å². The van der Waals surface area contributed by atoms with Gasteiger partial charge >= 0.3 is 0 Å². The van der Waals surface area contributed by atoms with Crippen LogP contribution in [0.2, 0.25) is 0 Å². The van der Waals surface area contributed by atoms with E-state index in [4.69, 9.17) is 0 Å². The number of aryl methyl sites for hydroxylation is 1. The Hall–Kier alpha value is -1.00. The third kappa shape index (κ3) is 3.25. The molecule has 0 radical (unpaired) electrons. The normalized spacial score (nSPS) is 10.7. The number of Topliss-reactive ketones (excluding diaryl/α,β-unsaturated/α-hetero) is 1. The first kappa shape index (κ1) is 12.1. The zero-order valence-corrected chi connectivity index (χ0v) is 10.1. The predicted molar refractivity (Wildman–Crippen MR) is 61.9 cm³/mol. The van der Waals surface area contributed by atoms with Crippen molar-refractivity contribution in [2.75, 3.05) is 20.6 Å². The number of rotatable bonds is 5. The molecule has 0 unspecified atom stereocenters. The Bertz CT molecular complexity index is 369. The minimum Gasteiger partial charge on any atom is -0.309 e. The minimum absolute atomic E-state index is 0.116. The number of carbonyl (C=O) groups excluding carboxylic acids is 2. The third-order valence-corrected chi connectivity index (χ3v) is 3.25. The lowest BCUT2D eigenvalue weighted by Gasteiger charge is -2.06. The van der Waals surface area contributed by atoms with Crippen molar-refractivity contribution in [2.24, 2.45) is 0 Å². The summed E-state index contributed by atoms with van der Waals surface area (Å²) in [5.74, 6) is 0.116. The standard InChI is InChI=1S/C11H15NO2S/c1-8-9(7-13)6-11(15-8)10(14)4-5-12(2)3/h6-7H,4-5H2,1-3H3. The zero-order valence-electron chi connectivity index (χ0n) is 9.24. The van der Waals surface area contributed by atoms with E-state index in [1.165, 1.54) is 11.3 Å². The van der Waals surface area contributed by atoms with E-state index in [2.05, 4.69) is 0 Å². The molecule has 1 rings (SSSR count). The fourth-order valence-corrected chi connectivity index (χ4v) is 2.16. The molecular formula is C11H15NO2S. The second-order valence-corrected chi connectivity index (χ2v) is 4.97. The molecule has 82 valence electrons. The zero-order chi connectivity index (χ0) is 11.4. The summed E-state index contributed by atoms with van der Waals surface area (Å²) < 4.78 is 0. The maximum absolute atomic E-state index is 11.7. The number of hydrogen-bond acceptors (Lipinski definition) is 4. The first-order valence-electron chi connectivity index (χ1n) is 4.78. The molecule has 0 N–H and O–H groups in total. The Balaban J connectivity index is 2.70. The summed E-state index contributed by atoms with van der Waals surface area (Å²) in [6.07, 6.45) is 1.31. The van der Waals surface area contributed by atoms with Crippen LogP contribution >= 0.6 is 11.3 Å². The van der Waals surface area contributed by atoms with Crippen molar-refractivity contribution in [1.82, 2.24) is 4.90 Å². The highest BCUT2D eigenvalue weighted by atomic mass is 32.1. The van der Waals surface area contributed by atoms with Gasteiger partial charge in [0.2, 0.25) is 0 Å². The molecule has 0 bridgehead atoms. The summed E-state index contributed by atoms with van der Waals surface area (Å²) in [6.45, 7) is 2.60. The highest BCUT2D eigenvalue weighted by molar-refractivity contribution is 7.14. The van der Waals surface area contributed by atoms with Crippen molar-refractivity contribution in [1.29, 1.82) is 0 Å². The lowest BCUT2D eigenvalue weighted by molar-refractivity contribution is 0.0976. The fraction of sp³-hybridized carbons (Fsp3) is 0.455. The number of ketones is 1. The average molecular weight is 225 g/mol. The van der Waals surface area contributed by atoms with Crippen LogP contribution < -0.4 is 0 Å². The SMILES string of the molecule is Cc1sc(C(=O)CCN(C)C)cc1C=O. The first-order chi connectivity index (χ1) is 7.04. The van der Waals surface area contributed by atoms with Crippen molar-refractivity contribution >= 4 is 23.4 Å². The molecule has 1 heterocycles. The molecule has 15 heavy (non-hydrogen) atoms. The molecule has 0 saturated carbocycles. The molecule has 0 saturated heterocycles. The Labute approximate surface area is 93.7 Å². The second kappa shape index (κ2) is 5.19. The van der Waals surface area contributed by atoms with Crippen LogP contribution in [0, 0.1) is 6.92 Å². The third-order valence-electron chi connectivity index (χ3n) is 2.14. The van der Waals surface area contributed by atoms with E-state index < -0.39 is 0 Å². The summed E-state index contributed by atoms with van der Waals surface area (Å²) >= 11 is 1.40. The van der Waals surface area contributed by atoms with Gasteiger partial charge in [-0.25, -0.2) is 0 Å². The Kier molecular flexibility index (Phi) is 4.17. The van der Waals surface area contributed by atoms with Crippen molar-refractivity contribution in [3.63, 3.8) is 0 Å². The lowest BCUT2D eigenvalue weighted by atomic mass is 10.2. The quantitative estimate of drug-likeness (QED) is 0.568. The van der Waals surface area contributed by atoms with Gasteiger partial charge in [-0.15, -0.1) is 11.3 Å². The van der Waals surface area contributed by atoms with Crippen molar-refractivity contribution in [3.8, 4) is 0 Å². The first-order valence-corrected chi connectivity index (χ1v) is 5.59. The van der Waals surface area contributed by atoms with Gasteiger partial charge in [0.1, 0.15) is 0 Å². The molecule has 0 aliphatic rings. The average Bonchev–Trinajstić information content (AvgIpc) is 2.56. The topological polar surface area (TPSA) is 37.4 Å². The summed E-state index contributed by atoms with van der Waals surface area (Å²) in [5, 5.41) is 0. The molecule has 0 aliphatic heterocycles. The number of nitrogens with zero attached hydrogens (tertiary/aromatic N) is 1. The second-order valence-electron chi connectivity index (χ2n) is 3.72. The summed E-state index contributed by atoms with van der Waals surface area (Å²) in [7, 11) is 3.87. The van der Waals surface area contributed by atoms with Crippen molar-refractivity contribution < 1.29 is 9.59 Å². The number of thiophene rings is 1. The van der Waals surface area contributed by atoms with E-state index in [-0.39, 0.29) is 5.78 Å². The number of hydrogen-bond donors (Lipinski definition) is 0. The molecule has 0 atom stereocenters. The van der Waals surface area contributed by atoms with Crippen LogP contribution in [0.15, 0.2) is 6.07 Å². The van der Waals surface area contributed by atoms with E-state index in [1.807, 2.05) is 25.9 Å². The van der Waals surface area contributed by atoms with Crippen LogP contribution in [-0.2, 0) is 0 Å². The van der Waals surface area contributed by atoms with Crippen LogP contribution in [0.4, 0.5) is 0 Å². The van der Waals surface area contributed by atoms with Gasteiger partial charge in [-0.2, -0.15) is 0 Å². The Morgan fingerprint density at radius 2 is 2.20 bits per heavy atom. The largest absolute Gasteiger partial charge is 0.309 e. The Morgan fingerprint density at radius 1 is 1.53 bits per heavy atom. The summed E-state index contributed by atoms with van der Waals surface area (Å²) in [5.41, 5.74) is 0.633. The molecule has 1 aromatic rings. The minimum atomic E-state index is 0.116. The maximum atomic E-state index is 11.7. The summed E-state index contributed by atoms with van der Waals surface area (Å²) in [6, 6.07) is 1.69. The maximum Gasteiger partial charge on any atom is 0.174 e. The predicted octanol–water partition coefficient (Wildman–Crippen LogP) is 2.00. The van der Waals surface area contributed by atoms with E-state index in [0.29, 0.717) is 16.9 Å². The highest BCUT2D eigenvalue weighted by Gasteiger charge is 2.11. The molecule has 0 aromatic carbocycles. The molecule has 0 fully saturated rings. The molecule has 1 aromatic heterocycles. The van der Waals surface area contributed by atoms with Crippen LogP contribution in [0.25, 0.3) is 0 Å². The summed E-state index contributed by atoms with van der Waals surface area (Å²) in [4.78, 5) is 25.9. The monoisotopic (exact) mass is 225 g/mol. The van der Waals surface area contributed by atoms with Gasteiger partial charge in [0.05, 0.1) is 4.88 Å². The van der Waals surface area contributed by atoms with Gasteiger partial charge in [0, 0.05) is 23.4 Å². The van der Waals surface area contributed by atoms with Crippen molar-refractivity contribution in [2.45, 2.75) is 13.3 Å². The van der Waals surface area contributed by atoms with Gasteiger partial charge in [-0.3, -0.25) is 9.59 Å². The number of aldehydes is 1. The van der Waals surface area contributed by atoms with E-state index in [0.717, 1.165) is 17.7 Å². The van der Waals surface area contributed by atoms with Crippen LogP contribution in [0.3, 0.4) is 0 Å². The van der Waals surface area contributed by atoms with Crippen LogP contribution in [-0.4, -0.2) is 37.6 Å². The van der Waals surface area contributed by atoms with E-state index in [1.54, 1.807) is 6.07 Å². The molecule has 0 amide bonds. The fourth-order valence-electron chi connectivity index (χ4n) is 1.20. The van der Waals surface area contributed by atoms with Gasteiger partial charge in [-0.1, -0.05) is 0 Å². The number of carbonyl (C=O) groups is 2. The lowest BCUT2D eigenvalue weighted by Crippen LogP contribution is -2.16. The van der Waals surface area contributed by atoms with Gasteiger partial charge in [0.25, 0.3) is 0 Å². The molecule has 3 nitrogen and oxygen atoms in total. The van der Waals surface area contributed by atoms with Gasteiger partial charge in [0.15, 0.2) is 12.1 Å². The Morgan fingerprint density at radius 3 is 2.67 bits per heavy atom. The van der Waals surface area contributed by atoms with Gasteiger partial charge < -0.3 is 4.90 Å². The molecular weight excluding hydrogens is 210 g/mol. The van der Waals surface area contributed by atoms with E-state index >= 15 is 0 Å². The highest BCUT2D eigenvalue weighted by Crippen LogP contribution is 2.21. The van der Waals surface area contributed by atoms with Crippen LogP contribution in [0.5, 0.6) is 0 Å². The van der Waals surface area contributed by atoms with Crippen LogP contribution in [0.1, 0.15) is 31.3 Å². The smallest absolute Gasteiger partial charge is 0.174 e. The molecule has 4 heteroatoms.